The predicted octanol–water partition coefficient (Wildman–Crippen LogP) is 9.27. The minimum Gasteiger partial charge on any atom is -0.399 e. The Bertz CT molecular complexity index is 5120. The van der Waals surface area contributed by atoms with Gasteiger partial charge in [0.15, 0.2) is 28.7 Å². The quantitative estimate of drug-likeness (QED) is 0.0796. The van der Waals surface area contributed by atoms with Gasteiger partial charge in [-0.15, -0.1) is 10.2 Å². The van der Waals surface area contributed by atoms with Gasteiger partial charge in [0.25, 0.3) is 0 Å². The van der Waals surface area contributed by atoms with E-state index in [0.29, 0.717) is 84.6 Å². The second kappa shape index (κ2) is 30.5. The minimum atomic E-state index is -0.302. The van der Waals surface area contributed by atoms with Crippen LogP contribution in [-0.4, -0.2) is 139 Å². The number of fused-ring (bicyclic) bond motifs is 6. The number of nitrogens with zero attached hydrogens (tertiary/aromatic N) is 22. The van der Waals surface area contributed by atoms with Crippen LogP contribution < -0.4 is 28.0 Å². The van der Waals surface area contributed by atoms with E-state index < -0.39 is 0 Å². The zero-order valence-electron chi connectivity index (χ0n) is 54.3. The number of allylic oxidation sites excluding steroid dienone is 5. The summed E-state index contributed by atoms with van der Waals surface area (Å²) in [6, 6.07) is 16.0. The molecule has 1 fully saturated rings. The number of rotatable bonds is 10. The van der Waals surface area contributed by atoms with Gasteiger partial charge in [0.05, 0.1) is 78.1 Å². The van der Waals surface area contributed by atoms with Crippen molar-refractivity contribution in [2.24, 2.45) is 19.8 Å². The molecule has 0 amide bonds. The Hall–Kier alpha value is -9.84. The van der Waals surface area contributed by atoms with Crippen molar-refractivity contribution in [1.29, 1.82) is 0 Å². The van der Waals surface area contributed by atoms with Crippen molar-refractivity contribution in [1.82, 2.24) is 114 Å². The molecule has 1 aliphatic heterocycles. The topological polar surface area (TPSA) is 376 Å². The molecular formula is C65H64BBr4N27O2. The van der Waals surface area contributed by atoms with E-state index in [-0.39, 0.29) is 18.3 Å². The van der Waals surface area contributed by atoms with E-state index >= 15 is 0 Å². The van der Waals surface area contributed by atoms with Gasteiger partial charge in [0.1, 0.15) is 24.1 Å². The Kier molecular flexibility index (Phi) is 21.3. The van der Waals surface area contributed by atoms with E-state index in [1.54, 1.807) is 62.1 Å². The number of nitrogens with one attached hydrogen (secondary N) is 2. The summed E-state index contributed by atoms with van der Waals surface area (Å²) in [5.41, 5.74) is 33.6. The van der Waals surface area contributed by atoms with E-state index in [1.807, 2.05) is 109 Å². The summed E-state index contributed by atoms with van der Waals surface area (Å²) in [6.45, 7) is 10.6. The van der Waals surface area contributed by atoms with Crippen LogP contribution in [0, 0.1) is 0 Å². The first-order valence-electron chi connectivity index (χ1n) is 30.8. The van der Waals surface area contributed by atoms with Crippen molar-refractivity contribution < 1.29 is 9.31 Å². The van der Waals surface area contributed by atoms with Crippen molar-refractivity contribution in [2.45, 2.75) is 77.8 Å². The maximum Gasteiger partial charge on any atom is 0.498 e. The van der Waals surface area contributed by atoms with Crippen LogP contribution in [0.25, 0.3) is 61.6 Å². The van der Waals surface area contributed by atoms with Gasteiger partial charge in [-0.1, -0.05) is 46.9 Å². The number of pyridine rings is 4. The van der Waals surface area contributed by atoms with E-state index in [2.05, 4.69) is 196 Å². The molecule has 0 saturated carbocycles. The summed E-state index contributed by atoms with van der Waals surface area (Å²) in [6.07, 6.45) is 32.1. The molecule has 4 aliphatic rings. The smallest absolute Gasteiger partial charge is 0.399 e. The Morgan fingerprint density at radius 1 is 0.576 bits per heavy atom. The van der Waals surface area contributed by atoms with E-state index in [9.17, 15) is 0 Å². The summed E-state index contributed by atoms with van der Waals surface area (Å²) in [5, 5.41) is 29.2. The maximum absolute atomic E-state index is 5.89. The molecule has 13 aromatic rings. The molecule has 0 aromatic carbocycles. The van der Waals surface area contributed by atoms with Crippen LogP contribution >= 0.6 is 63.7 Å². The van der Waals surface area contributed by atoms with Gasteiger partial charge in [0, 0.05) is 129 Å². The highest BCUT2D eigenvalue weighted by molar-refractivity contribution is 9.11. The average molecular weight is 1590 g/mol. The van der Waals surface area contributed by atoms with Gasteiger partial charge >= 0.3 is 7.12 Å². The number of hydrogen-bond acceptors (Lipinski definition) is 24. The molecule has 0 bridgehead atoms. The zero-order chi connectivity index (χ0) is 69.4. The van der Waals surface area contributed by atoms with Crippen molar-refractivity contribution >= 4 is 144 Å². The molecule has 0 radical (unpaired) electrons. The number of nitrogens with two attached hydrogens (primary N) is 3. The lowest BCUT2D eigenvalue weighted by molar-refractivity contribution is 0.00578. The molecule has 1 saturated heterocycles. The van der Waals surface area contributed by atoms with Crippen LogP contribution in [-0.2, 0) is 62.3 Å². The first kappa shape index (κ1) is 69.1. The van der Waals surface area contributed by atoms with Gasteiger partial charge in [-0.05, 0) is 144 Å². The summed E-state index contributed by atoms with van der Waals surface area (Å²) < 4.78 is 21.4. The fraction of sp³-hybridized carbons (Fsp3) is 0.231. The van der Waals surface area contributed by atoms with Crippen LogP contribution in [0.15, 0.2) is 166 Å². The van der Waals surface area contributed by atoms with Crippen LogP contribution in [0.5, 0.6) is 0 Å². The summed E-state index contributed by atoms with van der Waals surface area (Å²) in [7, 11) is 3.46. The first-order valence-corrected chi connectivity index (χ1v) is 34.0. The third-order valence-electron chi connectivity index (χ3n) is 16.4. The van der Waals surface area contributed by atoms with Crippen LogP contribution in [0.3, 0.4) is 0 Å². The molecule has 0 atom stereocenters. The van der Waals surface area contributed by atoms with E-state index in [1.165, 1.54) is 33.4 Å². The Balaban J connectivity index is 0.000000116. The van der Waals surface area contributed by atoms with Crippen LogP contribution in [0.1, 0.15) is 67.0 Å². The number of aromatic nitrogens is 23. The molecule has 13 aromatic heterocycles. The Labute approximate surface area is 600 Å². The molecule has 3 aliphatic carbocycles. The Morgan fingerprint density at radius 2 is 1.09 bits per heavy atom. The lowest BCUT2D eigenvalue weighted by atomic mass is 9.82. The van der Waals surface area contributed by atoms with Crippen molar-refractivity contribution in [3.63, 3.8) is 0 Å². The van der Waals surface area contributed by atoms with Crippen molar-refractivity contribution in [2.75, 3.05) is 23.3 Å². The Morgan fingerprint density at radius 3 is 1.66 bits per heavy atom. The van der Waals surface area contributed by atoms with Gasteiger partial charge in [-0.2, -0.15) is 10.2 Å². The van der Waals surface area contributed by atoms with E-state index in [0.717, 1.165) is 69.7 Å². The fourth-order valence-electron chi connectivity index (χ4n) is 10.6. The lowest BCUT2D eigenvalue weighted by Gasteiger charge is -2.32. The molecule has 0 spiro atoms. The summed E-state index contributed by atoms with van der Waals surface area (Å²) in [5.74, 6) is 1.39. The number of halogens is 4. The van der Waals surface area contributed by atoms with Gasteiger partial charge in [-0.3, -0.25) is 24.3 Å². The largest absolute Gasteiger partial charge is 0.498 e. The molecule has 0 unspecified atom stereocenters. The molecule has 29 nitrogen and oxygen atoms in total. The number of hydrogen-bond donors (Lipinski definition) is 5. The first-order chi connectivity index (χ1) is 47.8. The highest BCUT2D eigenvalue weighted by atomic mass is 79.9. The summed E-state index contributed by atoms with van der Waals surface area (Å²) >= 11 is 12.9. The van der Waals surface area contributed by atoms with Crippen LogP contribution in [0.2, 0.25) is 0 Å². The normalized spacial score (nSPS) is 14.2. The lowest BCUT2D eigenvalue weighted by Crippen LogP contribution is -2.41. The number of aryl methyl sites for hydroxylation is 2. The second-order valence-electron chi connectivity index (χ2n) is 23.5. The molecule has 34 heteroatoms. The van der Waals surface area contributed by atoms with Gasteiger partial charge in [0.2, 0.25) is 11.3 Å². The minimum absolute atomic E-state index is 0.284. The molecule has 17 rings (SSSR count). The molecule has 8 N–H and O–H groups in total. The fourth-order valence-corrected chi connectivity index (χ4v) is 12.0. The summed E-state index contributed by atoms with van der Waals surface area (Å²) in [4.78, 5) is 54.0. The predicted molar refractivity (Wildman–Crippen MR) is 391 cm³/mol. The molecular weight excluding hydrogens is 1520 g/mol. The SMILES string of the molecule is Brc1cnc2nnn(CC3=CCc4ncccc43)c2n1.Cn1cc(-c2cnc3nnn(CC4=CCc5ncccc54)c3n2)cn1.Cn1cc(B2OC(C)(C)C(C)(C)O2)cn1.NCc1c[nH]c2ncccc12.Nc1ncc(Br)nc1Br.Nc1ncc(Br)nc1NCC1=CCc2ncccc21. The zero-order valence-corrected chi connectivity index (χ0v) is 60.6. The monoisotopic (exact) mass is 1580 g/mol. The molecule has 14 heterocycles. The highest BCUT2D eigenvalue weighted by Gasteiger charge is 2.52. The molecule has 502 valence electrons. The number of nitrogen functional groups attached to an aromatic ring is 2. The number of aromatic amines is 1. The standard InChI is InChI=1S/C17H14N8.C13H9BrN6.C13H12BrN5.C10H17BN2O2.C8H9N3.C4H3Br2N3/c1-24-9-12(7-20-24)15-8-19-16-17(21-15)25(23-22-16)10-11-4-5-14-13(11)3-2-6-18-14;14-11-6-16-12-13(17-11)20(19-18-12)7-8-3-4-10-9(8)2-1-5-15-10;14-11-7-17-12(15)13(19-11)18-6-8-3-4-10-9(8)2-1-5-16-10;1-9(2)10(3,4)15-11(14-9)8-6-12-13(5)7-8;9-4-6-5-11-8-7(6)2-1-3-10-8;5-2-1-8-4(7)3(6)9-2/h2-4,6-9H,5,10H2,1H3;1-3,5-6H,4,7H2;1-3,5,7H,4,6H2,(H2,15,17)(H,18,19);6-7H,1-5H3;1-3,5H,4,9H2,(H,10,11);1H,(H2,7,8). The van der Waals surface area contributed by atoms with Gasteiger partial charge < -0.3 is 36.8 Å². The second-order valence-corrected chi connectivity index (χ2v) is 26.7. The maximum atomic E-state index is 5.89. The van der Waals surface area contributed by atoms with Gasteiger partial charge in [-0.25, -0.2) is 54.2 Å². The number of anilines is 3. The van der Waals surface area contributed by atoms with Crippen LogP contribution in [0.4, 0.5) is 17.5 Å². The number of H-pyrrole nitrogens is 1. The van der Waals surface area contributed by atoms with Crippen molar-refractivity contribution in [3.05, 3.63) is 205 Å². The molecule has 99 heavy (non-hydrogen) atoms. The third-order valence-corrected chi connectivity index (χ3v) is 18.1. The highest BCUT2D eigenvalue weighted by Crippen LogP contribution is 2.37. The third kappa shape index (κ3) is 16.3. The van der Waals surface area contributed by atoms with Crippen molar-refractivity contribution in [3.8, 4) is 11.3 Å². The van der Waals surface area contributed by atoms with E-state index in [4.69, 9.17) is 31.5 Å². The average Bonchev–Trinajstić information content (AvgIpc) is 1.64.